The number of aliphatic hydroxyl groups excluding tert-OH is 1. The molecular formula is C17H22OS2. The normalized spacial score (nSPS) is 16.7. The lowest BCUT2D eigenvalue weighted by Crippen LogP contribution is -1.97. The van der Waals surface area contributed by atoms with Crippen molar-refractivity contribution < 1.29 is 5.11 Å². The van der Waals surface area contributed by atoms with E-state index in [1.54, 1.807) is 0 Å². The molecule has 0 aromatic carbocycles. The van der Waals surface area contributed by atoms with Crippen LogP contribution in [-0.2, 0) is 25.7 Å². The number of hydrogen-bond donors (Lipinski definition) is 1. The van der Waals surface area contributed by atoms with Gasteiger partial charge in [-0.05, 0) is 55.9 Å². The maximum atomic E-state index is 10.5. The topological polar surface area (TPSA) is 20.2 Å². The van der Waals surface area contributed by atoms with Gasteiger partial charge >= 0.3 is 0 Å². The van der Waals surface area contributed by atoms with Gasteiger partial charge in [0.05, 0.1) is 6.10 Å². The van der Waals surface area contributed by atoms with Crippen LogP contribution in [0.1, 0.15) is 57.4 Å². The molecule has 0 saturated heterocycles. The third-order valence-electron chi connectivity index (χ3n) is 4.05. The molecule has 3 heteroatoms. The van der Waals surface area contributed by atoms with Gasteiger partial charge < -0.3 is 5.11 Å². The molecule has 108 valence electrons. The predicted molar refractivity (Wildman–Crippen MR) is 87.9 cm³/mol. The second-order valence-electron chi connectivity index (χ2n) is 5.60. The van der Waals surface area contributed by atoms with E-state index in [0.717, 1.165) is 12.8 Å². The average Bonchev–Trinajstić information content (AvgIpc) is 3.01. The fourth-order valence-corrected chi connectivity index (χ4v) is 5.11. The minimum atomic E-state index is -0.324. The molecule has 0 amide bonds. The Labute approximate surface area is 129 Å². The predicted octanol–water partition coefficient (Wildman–Crippen LogP) is 4.92. The van der Waals surface area contributed by atoms with E-state index in [0.29, 0.717) is 0 Å². The second-order valence-corrected chi connectivity index (χ2v) is 8.02. The zero-order valence-electron chi connectivity index (χ0n) is 12.0. The molecular weight excluding hydrogens is 284 g/mol. The number of rotatable bonds is 4. The zero-order valence-corrected chi connectivity index (χ0v) is 13.7. The highest BCUT2D eigenvalue weighted by Gasteiger charge is 2.17. The molecule has 0 fully saturated rings. The van der Waals surface area contributed by atoms with Gasteiger partial charge in [-0.2, -0.15) is 0 Å². The van der Waals surface area contributed by atoms with Crippen LogP contribution >= 0.6 is 22.7 Å². The second kappa shape index (κ2) is 6.42. The van der Waals surface area contributed by atoms with E-state index >= 15 is 0 Å². The molecule has 1 unspecified atom stereocenters. The van der Waals surface area contributed by atoms with Crippen LogP contribution in [0.25, 0.3) is 0 Å². The van der Waals surface area contributed by atoms with E-state index in [4.69, 9.17) is 0 Å². The van der Waals surface area contributed by atoms with Crippen molar-refractivity contribution in [2.45, 2.75) is 58.0 Å². The van der Waals surface area contributed by atoms with Crippen molar-refractivity contribution in [2.75, 3.05) is 0 Å². The Morgan fingerprint density at radius 2 is 1.90 bits per heavy atom. The summed E-state index contributed by atoms with van der Waals surface area (Å²) in [6.07, 6.45) is 7.93. The van der Waals surface area contributed by atoms with Gasteiger partial charge in [-0.25, -0.2) is 0 Å². The number of hydrogen-bond acceptors (Lipinski definition) is 3. The summed E-state index contributed by atoms with van der Waals surface area (Å²) in [6, 6.07) is 6.63. The highest BCUT2D eigenvalue weighted by atomic mass is 32.1. The van der Waals surface area contributed by atoms with E-state index in [1.165, 1.54) is 57.2 Å². The van der Waals surface area contributed by atoms with Crippen LogP contribution in [0.4, 0.5) is 0 Å². The van der Waals surface area contributed by atoms with Crippen molar-refractivity contribution in [1.82, 2.24) is 0 Å². The molecule has 0 bridgehead atoms. The first kappa shape index (κ1) is 14.3. The maximum Gasteiger partial charge on any atom is 0.0930 e. The van der Waals surface area contributed by atoms with Crippen LogP contribution in [0, 0.1) is 0 Å². The van der Waals surface area contributed by atoms with Gasteiger partial charge in [0.15, 0.2) is 0 Å². The molecule has 2 aromatic rings. The Kier molecular flexibility index (Phi) is 4.59. The van der Waals surface area contributed by atoms with E-state index in [-0.39, 0.29) is 6.10 Å². The lowest BCUT2D eigenvalue weighted by Gasteiger charge is -2.06. The lowest BCUT2D eigenvalue weighted by atomic mass is 10.1. The van der Waals surface area contributed by atoms with Gasteiger partial charge in [-0.1, -0.05) is 13.3 Å². The quantitative estimate of drug-likeness (QED) is 0.795. The van der Waals surface area contributed by atoms with Crippen molar-refractivity contribution in [3.05, 3.63) is 43.3 Å². The summed E-state index contributed by atoms with van der Waals surface area (Å²) in [6.45, 7) is 2.18. The van der Waals surface area contributed by atoms with Gasteiger partial charge in [-0.15, -0.1) is 22.7 Å². The van der Waals surface area contributed by atoms with Gasteiger partial charge in [-0.3, -0.25) is 0 Å². The smallest absolute Gasteiger partial charge is 0.0930 e. The van der Waals surface area contributed by atoms with Crippen LogP contribution < -0.4 is 0 Å². The molecule has 20 heavy (non-hydrogen) atoms. The minimum Gasteiger partial charge on any atom is -0.387 e. The molecule has 0 radical (unpaired) electrons. The van der Waals surface area contributed by atoms with Crippen LogP contribution in [0.15, 0.2) is 18.2 Å². The van der Waals surface area contributed by atoms with Gasteiger partial charge in [0.25, 0.3) is 0 Å². The van der Waals surface area contributed by atoms with E-state index in [1.807, 2.05) is 22.7 Å². The Balaban J connectivity index is 1.72. The van der Waals surface area contributed by atoms with E-state index in [2.05, 4.69) is 25.1 Å². The average molecular weight is 306 g/mol. The summed E-state index contributed by atoms with van der Waals surface area (Å²) in [4.78, 5) is 5.41. The Hall–Kier alpha value is -0.640. The van der Waals surface area contributed by atoms with Gasteiger partial charge in [0.1, 0.15) is 0 Å². The summed E-state index contributed by atoms with van der Waals surface area (Å²) >= 11 is 3.68. The number of aliphatic hydroxyl groups is 1. The first-order valence-electron chi connectivity index (χ1n) is 7.63. The molecule has 1 nitrogen and oxygen atoms in total. The largest absolute Gasteiger partial charge is 0.387 e. The minimum absolute atomic E-state index is 0.324. The Bertz CT molecular complexity index is 544. The highest BCUT2D eigenvalue weighted by molar-refractivity contribution is 7.12. The van der Waals surface area contributed by atoms with Crippen LogP contribution in [0.3, 0.4) is 0 Å². The molecule has 0 spiro atoms. The molecule has 0 saturated carbocycles. The standard InChI is InChI=1S/C17H22OS2/c1-2-13-8-9-14(19-13)11-15(18)17-10-12-6-4-3-5-7-16(12)20-17/h8-10,15,18H,2-7,11H2,1H3. The molecule has 0 aliphatic heterocycles. The molecule has 2 heterocycles. The van der Waals surface area contributed by atoms with E-state index < -0.39 is 0 Å². The summed E-state index contributed by atoms with van der Waals surface area (Å²) in [5.74, 6) is 0. The molecule has 1 aliphatic rings. The summed E-state index contributed by atoms with van der Waals surface area (Å²) < 4.78 is 0. The monoisotopic (exact) mass is 306 g/mol. The molecule has 1 atom stereocenters. The van der Waals surface area contributed by atoms with Crippen LogP contribution in [0.5, 0.6) is 0 Å². The number of aryl methyl sites for hydroxylation is 3. The SMILES string of the molecule is CCc1ccc(CC(O)c2cc3c(s2)CCCCC3)s1. The van der Waals surface area contributed by atoms with E-state index in [9.17, 15) is 5.11 Å². The molecule has 3 rings (SSSR count). The third kappa shape index (κ3) is 3.16. The number of fused-ring (bicyclic) bond motifs is 1. The number of thiophene rings is 2. The summed E-state index contributed by atoms with van der Waals surface area (Å²) in [7, 11) is 0. The molecule has 1 aliphatic carbocycles. The summed E-state index contributed by atoms with van der Waals surface area (Å²) in [5, 5.41) is 10.5. The highest BCUT2D eigenvalue weighted by Crippen LogP contribution is 2.34. The Morgan fingerprint density at radius 1 is 1.10 bits per heavy atom. The summed E-state index contributed by atoms with van der Waals surface area (Å²) in [5.41, 5.74) is 1.50. The first-order valence-corrected chi connectivity index (χ1v) is 9.26. The lowest BCUT2D eigenvalue weighted by molar-refractivity contribution is 0.183. The van der Waals surface area contributed by atoms with Crippen molar-refractivity contribution in [3.63, 3.8) is 0 Å². The molecule has 2 aromatic heterocycles. The third-order valence-corrected chi connectivity index (χ3v) is 6.64. The van der Waals surface area contributed by atoms with Crippen LogP contribution in [-0.4, -0.2) is 5.11 Å². The molecule has 1 N–H and O–H groups in total. The Morgan fingerprint density at radius 3 is 2.70 bits per heavy atom. The maximum absolute atomic E-state index is 10.5. The van der Waals surface area contributed by atoms with Crippen molar-refractivity contribution in [2.24, 2.45) is 0 Å². The fraction of sp³-hybridized carbons (Fsp3) is 0.529. The fourth-order valence-electron chi connectivity index (χ4n) is 2.87. The van der Waals surface area contributed by atoms with Crippen molar-refractivity contribution >= 4 is 22.7 Å². The first-order chi connectivity index (χ1) is 9.76. The van der Waals surface area contributed by atoms with Crippen molar-refractivity contribution in [3.8, 4) is 0 Å². The van der Waals surface area contributed by atoms with Gasteiger partial charge in [0, 0.05) is 25.9 Å². The van der Waals surface area contributed by atoms with Crippen molar-refractivity contribution in [1.29, 1.82) is 0 Å². The zero-order chi connectivity index (χ0) is 13.9. The van der Waals surface area contributed by atoms with Crippen LogP contribution in [0.2, 0.25) is 0 Å². The van der Waals surface area contributed by atoms with Gasteiger partial charge in [0.2, 0.25) is 0 Å².